The third kappa shape index (κ3) is 3.32. The van der Waals surface area contributed by atoms with Crippen molar-refractivity contribution in [2.45, 2.75) is 18.4 Å². The molecule has 0 saturated heterocycles. The maximum absolute atomic E-state index is 12.4. The fourth-order valence-electron chi connectivity index (χ4n) is 3.07. The Morgan fingerprint density at radius 2 is 2.00 bits per heavy atom. The molecule has 4 rings (SSSR count). The number of aromatic nitrogens is 5. The van der Waals surface area contributed by atoms with Crippen LogP contribution in [0.5, 0.6) is 5.88 Å². The molecule has 0 aliphatic rings. The van der Waals surface area contributed by atoms with E-state index in [1.165, 1.54) is 26.2 Å². The second kappa shape index (κ2) is 7.34. The zero-order valence-corrected chi connectivity index (χ0v) is 17.3. The molecule has 4 aromatic rings. The van der Waals surface area contributed by atoms with Gasteiger partial charge in [0.25, 0.3) is 10.0 Å². The number of carbonyl (C=O) groups excluding carboxylic acids is 1. The van der Waals surface area contributed by atoms with Crippen LogP contribution in [0.15, 0.2) is 47.9 Å². The topological polar surface area (TPSA) is 122 Å². The third-order valence-electron chi connectivity index (χ3n) is 4.78. The Kier molecular flexibility index (Phi) is 4.82. The van der Waals surface area contributed by atoms with Gasteiger partial charge in [0.05, 0.1) is 24.4 Å². The first-order valence-electron chi connectivity index (χ1n) is 8.96. The Balaban J connectivity index is 1.69. The van der Waals surface area contributed by atoms with Gasteiger partial charge in [0.2, 0.25) is 18.1 Å². The van der Waals surface area contributed by atoms with Gasteiger partial charge in [-0.1, -0.05) is 0 Å². The predicted octanol–water partition coefficient (Wildman–Crippen LogP) is 1.02. The van der Waals surface area contributed by atoms with E-state index in [9.17, 15) is 13.2 Å². The number of amides is 1. The minimum absolute atomic E-state index is 0.0428. The molecule has 0 unspecified atom stereocenters. The summed E-state index contributed by atoms with van der Waals surface area (Å²) in [5.74, 6) is -0.0930. The van der Waals surface area contributed by atoms with Gasteiger partial charge in [-0.15, -0.1) is 0 Å². The van der Waals surface area contributed by atoms with Gasteiger partial charge < -0.3 is 4.74 Å². The Morgan fingerprint density at radius 1 is 1.20 bits per heavy atom. The van der Waals surface area contributed by atoms with Gasteiger partial charge in [0.15, 0.2) is 16.7 Å². The van der Waals surface area contributed by atoms with Crippen LogP contribution in [-0.2, 0) is 21.4 Å². The number of hydrogen-bond donors (Lipinski definition) is 1. The maximum atomic E-state index is 12.4. The monoisotopic (exact) mass is 427 g/mol. The van der Waals surface area contributed by atoms with E-state index in [2.05, 4.69) is 19.9 Å². The summed E-state index contributed by atoms with van der Waals surface area (Å²) in [6.07, 6.45) is 4.75. The van der Waals surface area contributed by atoms with Crippen LogP contribution in [0.4, 0.5) is 0 Å². The van der Waals surface area contributed by atoms with Crippen LogP contribution in [0, 0.1) is 0 Å². The number of nitrogens with zero attached hydrogens (tertiary/aromatic N) is 5. The van der Waals surface area contributed by atoms with E-state index in [-0.39, 0.29) is 4.90 Å². The average molecular weight is 427 g/mol. The lowest BCUT2D eigenvalue weighted by atomic mass is 10.2. The lowest BCUT2D eigenvalue weighted by molar-refractivity contribution is -0.662. The second-order valence-electron chi connectivity index (χ2n) is 6.62. The van der Waals surface area contributed by atoms with E-state index in [4.69, 9.17) is 4.74 Å². The van der Waals surface area contributed by atoms with Gasteiger partial charge >= 0.3 is 0 Å². The van der Waals surface area contributed by atoms with Crippen molar-refractivity contribution in [1.82, 2.24) is 24.2 Å². The molecule has 0 aliphatic heterocycles. The predicted molar refractivity (Wildman–Crippen MR) is 107 cm³/mol. The van der Waals surface area contributed by atoms with Crippen LogP contribution in [-0.4, -0.2) is 52.7 Å². The first-order chi connectivity index (χ1) is 14.3. The standard InChI is InChI=1S/C19H18N6O4S/c1-12(26)24(2)30(27,28)14-5-4-13(20-8-14)10-25-11-22-16-9-21-19-15(18(16)25)6-7-17(23-19)29-3/h4-9,11H,10H2,1-3H3/p+1. The number of hydrogen-bond acceptors (Lipinski definition) is 7. The Bertz CT molecular complexity index is 1370. The molecule has 30 heavy (non-hydrogen) atoms. The summed E-state index contributed by atoms with van der Waals surface area (Å²) in [5, 5.41) is 0.844. The zero-order chi connectivity index (χ0) is 21.5. The molecule has 4 heterocycles. The van der Waals surface area contributed by atoms with Crippen molar-refractivity contribution in [2.75, 3.05) is 14.2 Å². The van der Waals surface area contributed by atoms with Crippen LogP contribution >= 0.6 is 0 Å². The summed E-state index contributed by atoms with van der Waals surface area (Å²) < 4.78 is 32.6. The summed E-state index contributed by atoms with van der Waals surface area (Å²) >= 11 is 0. The number of methoxy groups -OCH3 is 1. The van der Waals surface area contributed by atoms with Crippen LogP contribution in [0.3, 0.4) is 0 Å². The molecule has 10 nitrogen and oxygen atoms in total. The summed E-state index contributed by atoms with van der Waals surface area (Å²) in [6, 6.07) is 6.72. The minimum Gasteiger partial charge on any atom is -0.481 e. The van der Waals surface area contributed by atoms with Crippen LogP contribution < -0.4 is 9.30 Å². The molecule has 0 fully saturated rings. The highest BCUT2D eigenvalue weighted by molar-refractivity contribution is 7.89. The smallest absolute Gasteiger partial charge is 0.267 e. The Labute approximate surface area is 172 Å². The molecular weight excluding hydrogens is 408 g/mol. The van der Waals surface area contributed by atoms with E-state index in [1.807, 2.05) is 10.6 Å². The molecule has 0 aromatic carbocycles. The van der Waals surface area contributed by atoms with Gasteiger partial charge in [0.1, 0.15) is 11.4 Å². The first-order valence-corrected chi connectivity index (χ1v) is 10.4. The zero-order valence-electron chi connectivity index (χ0n) is 16.5. The largest absolute Gasteiger partial charge is 0.481 e. The number of nitrogens with one attached hydrogen (secondary N) is 1. The van der Waals surface area contributed by atoms with Crippen molar-refractivity contribution in [3.63, 3.8) is 0 Å². The van der Waals surface area contributed by atoms with Crippen LogP contribution in [0.25, 0.3) is 22.1 Å². The van der Waals surface area contributed by atoms with Gasteiger partial charge in [0, 0.05) is 26.2 Å². The van der Waals surface area contributed by atoms with Crippen molar-refractivity contribution >= 4 is 38.0 Å². The Morgan fingerprint density at radius 3 is 2.67 bits per heavy atom. The van der Waals surface area contributed by atoms with Crippen molar-refractivity contribution in [1.29, 1.82) is 0 Å². The summed E-state index contributed by atoms with van der Waals surface area (Å²) in [5.41, 5.74) is 2.93. The number of H-pyrrole nitrogens is 1. The lowest BCUT2D eigenvalue weighted by Crippen LogP contribution is -2.33. The minimum atomic E-state index is -3.91. The lowest BCUT2D eigenvalue weighted by Gasteiger charge is -2.15. The number of aromatic amines is 1. The van der Waals surface area contributed by atoms with Gasteiger partial charge in [-0.2, -0.15) is 4.98 Å². The fourth-order valence-corrected chi connectivity index (χ4v) is 4.15. The number of imidazole rings is 1. The fraction of sp³-hybridized carbons (Fsp3) is 0.211. The summed E-state index contributed by atoms with van der Waals surface area (Å²) in [4.78, 5) is 27.5. The number of pyridine rings is 3. The molecule has 0 radical (unpaired) electrons. The maximum Gasteiger partial charge on any atom is 0.267 e. The molecule has 11 heteroatoms. The third-order valence-corrected chi connectivity index (χ3v) is 6.60. The van der Waals surface area contributed by atoms with E-state index in [1.54, 1.807) is 31.8 Å². The molecule has 0 bridgehead atoms. The number of ether oxygens (including phenoxy) is 1. The molecule has 0 atom stereocenters. The molecule has 0 spiro atoms. The highest BCUT2D eigenvalue weighted by Gasteiger charge is 2.23. The molecule has 0 aliphatic carbocycles. The second-order valence-corrected chi connectivity index (χ2v) is 8.59. The molecule has 154 valence electrons. The molecule has 1 N–H and O–H groups in total. The van der Waals surface area contributed by atoms with Gasteiger partial charge in [-0.3, -0.25) is 9.78 Å². The SMILES string of the molecule is COc1ccc2c(ncc3[nH]c[n+](Cc4ccc(S(=O)(=O)N(C)C(C)=O)cn4)c32)n1. The highest BCUT2D eigenvalue weighted by Crippen LogP contribution is 2.21. The van der Waals surface area contributed by atoms with Crippen molar-refractivity contribution in [2.24, 2.45) is 0 Å². The van der Waals surface area contributed by atoms with E-state index in [0.717, 1.165) is 16.4 Å². The van der Waals surface area contributed by atoms with E-state index < -0.39 is 15.9 Å². The average Bonchev–Trinajstić information content (AvgIpc) is 3.16. The van der Waals surface area contributed by atoms with Gasteiger partial charge in [-0.25, -0.2) is 27.3 Å². The molecule has 4 aromatic heterocycles. The first kappa shape index (κ1) is 19.7. The van der Waals surface area contributed by atoms with Crippen molar-refractivity contribution < 1.29 is 22.5 Å². The number of sulfonamides is 1. The molecule has 0 saturated carbocycles. The molecule has 1 amide bonds. The Hall–Kier alpha value is -3.60. The number of fused-ring (bicyclic) bond motifs is 3. The summed E-state index contributed by atoms with van der Waals surface area (Å²) in [7, 11) is -1.14. The van der Waals surface area contributed by atoms with Gasteiger partial charge in [-0.05, 0) is 18.2 Å². The van der Waals surface area contributed by atoms with Crippen LogP contribution in [0.1, 0.15) is 12.6 Å². The van der Waals surface area contributed by atoms with E-state index >= 15 is 0 Å². The van der Waals surface area contributed by atoms with Crippen LogP contribution in [0.2, 0.25) is 0 Å². The quantitative estimate of drug-likeness (QED) is 0.472. The number of rotatable bonds is 5. The van der Waals surface area contributed by atoms with Crippen molar-refractivity contribution in [3.05, 3.63) is 48.7 Å². The molecular formula is C19H19N6O4S+. The van der Waals surface area contributed by atoms with E-state index in [0.29, 0.717) is 28.1 Å². The highest BCUT2D eigenvalue weighted by atomic mass is 32.2. The van der Waals surface area contributed by atoms with Crippen molar-refractivity contribution in [3.8, 4) is 5.88 Å². The number of carbonyl (C=O) groups is 1. The summed E-state index contributed by atoms with van der Waals surface area (Å²) in [6.45, 7) is 1.59. The normalized spacial score (nSPS) is 11.7.